The summed E-state index contributed by atoms with van der Waals surface area (Å²) in [5, 5.41) is 0.0474. The maximum Gasteiger partial charge on any atom is 0.306 e. The average Bonchev–Trinajstić information content (AvgIpc) is 2.91. The summed E-state index contributed by atoms with van der Waals surface area (Å²) in [5.41, 5.74) is 1.23. The maximum atomic E-state index is 12.9. The molecule has 6 nitrogen and oxygen atoms in total. The molecule has 10 heteroatoms. The molecule has 0 aliphatic carbocycles. The van der Waals surface area contributed by atoms with Crippen molar-refractivity contribution < 1.29 is 22.1 Å². The Morgan fingerprint density at radius 2 is 1.93 bits per heavy atom. The van der Waals surface area contributed by atoms with Crippen molar-refractivity contribution in [2.45, 2.75) is 6.92 Å². The first-order valence-electron chi connectivity index (χ1n) is 8.38. The highest BCUT2D eigenvalue weighted by atomic mass is 35.5. The van der Waals surface area contributed by atoms with E-state index >= 15 is 0 Å². The molecule has 1 heterocycles. The number of hydrogen-bond acceptors (Lipinski definition) is 7. The van der Waals surface area contributed by atoms with Crippen molar-refractivity contribution in [2.75, 3.05) is 17.8 Å². The van der Waals surface area contributed by atoms with Crippen LogP contribution < -0.4 is 13.8 Å². The predicted molar refractivity (Wildman–Crippen MR) is 120 cm³/mol. The molecule has 2 aromatic rings. The lowest BCUT2D eigenvalue weighted by Crippen LogP contribution is -2.27. The Balaban J connectivity index is 1.98. The Kier molecular flexibility index (Phi) is 6.52. The third-order valence-corrected chi connectivity index (χ3v) is 5.72. The van der Waals surface area contributed by atoms with Crippen LogP contribution in [0, 0.1) is 0 Å². The summed E-state index contributed by atoms with van der Waals surface area (Å²) in [6.45, 7) is 2.02. The zero-order valence-electron chi connectivity index (χ0n) is 15.4. The standard InChI is InChI=1S/C19H16ClNO5S3/c1-3-25-15-10-12(9-14(20)17(15)26-29(2,23)24)11-16-18(22)21(19(27)28-16)13-7-5-4-6-8-13/h4-11H,3H2,1-2H3/b16-11-. The molecule has 1 amide bonds. The first-order chi connectivity index (χ1) is 13.7. The van der Waals surface area contributed by atoms with Gasteiger partial charge in [-0.3, -0.25) is 9.69 Å². The van der Waals surface area contributed by atoms with Crippen LogP contribution in [0.5, 0.6) is 11.5 Å². The molecule has 0 N–H and O–H groups in total. The number of thioether (sulfide) groups is 1. The fourth-order valence-corrected chi connectivity index (χ4v) is 4.66. The van der Waals surface area contributed by atoms with E-state index < -0.39 is 10.1 Å². The van der Waals surface area contributed by atoms with E-state index in [0.29, 0.717) is 20.5 Å². The SMILES string of the molecule is CCOc1cc(/C=C2\SC(=S)N(c3ccccc3)C2=O)cc(Cl)c1OS(C)(=O)=O. The van der Waals surface area contributed by atoms with E-state index in [-0.39, 0.29) is 29.0 Å². The number of amides is 1. The summed E-state index contributed by atoms with van der Waals surface area (Å²) in [6, 6.07) is 12.2. The van der Waals surface area contributed by atoms with Gasteiger partial charge < -0.3 is 8.92 Å². The van der Waals surface area contributed by atoms with Gasteiger partial charge in [0, 0.05) is 0 Å². The van der Waals surface area contributed by atoms with E-state index in [2.05, 4.69) is 0 Å². The first-order valence-corrected chi connectivity index (χ1v) is 11.8. The van der Waals surface area contributed by atoms with Gasteiger partial charge in [0.25, 0.3) is 5.91 Å². The van der Waals surface area contributed by atoms with Crippen LogP contribution in [0.15, 0.2) is 47.4 Å². The third kappa shape index (κ3) is 5.11. The van der Waals surface area contributed by atoms with E-state index in [9.17, 15) is 13.2 Å². The quantitative estimate of drug-likeness (QED) is 0.350. The van der Waals surface area contributed by atoms with Crippen LogP contribution in [0.25, 0.3) is 6.08 Å². The smallest absolute Gasteiger partial charge is 0.306 e. The lowest BCUT2D eigenvalue weighted by Gasteiger charge is -2.14. The minimum absolute atomic E-state index is 0.0474. The van der Waals surface area contributed by atoms with Crippen LogP contribution >= 0.6 is 35.6 Å². The van der Waals surface area contributed by atoms with E-state index in [1.54, 1.807) is 31.2 Å². The Morgan fingerprint density at radius 1 is 1.24 bits per heavy atom. The number of ether oxygens (including phenoxy) is 1. The van der Waals surface area contributed by atoms with Crippen LogP contribution in [0.2, 0.25) is 5.02 Å². The Labute approximate surface area is 183 Å². The second-order valence-corrected chi connectivity index (χ2v) is 9.56. The van der Waals surface area contributed by atoms with Crippen molar-refractivity contribution in [3.8, 4) is 11.5 Å². The second kappa shape index (κ2) is 8.74. The predicted octanol–water partition coefficient (Wildman–Crippen LogP) is 4.48. The molecule has 0 unspecified atom stereocenters. The number of thiocarbonyl (C=S) groups is 1. The Bertz CT molecular complexity index is 1100. The van der Waals surface area contributed by atoms with Gasteiger partial charge >= 0.3 is 10.1 Å². The monoisotopic (exact) mass is 469 g/mol. The van der Waals surface area contributed by atoms with Crippen LogP contribution in [0.4, 0.5) is 5.69 Å². The van der Waals surface area contributed by atoms with Crippen molar-refractivity contribution >= 4 is 67.7 Å². The number of anilines is 1. The van der Waals surface area contributed by atoms with Crippen molar-refractivity contribution in [3.05, 3.63) is 58.0 Å². The number of hydrogen-bond donors (Lipinski definition) is 0. The molecular weight excluding hydrogens is 454 g/mol. The highest BCUT2D eigenvalue weighted by molar-refractivity contribution is 8.27. The summed E-state index contributed by atoms with van der Waals surface area (Å²) in [5.74, 6) is -0.183. The first kappa shape index (κ1) is 21.6. The molecule has 29 heavy (non-hydrogen) atoms. The van der Waals surface area contributed by atoms with Crippen LogP contribution in [0.1, 0.15) is 12.5 Å². The van der Waals surface area contributed by atoms with Crippen molar-refractivity contribution in [1.82, 2.24) is 0 Å². The van der Waals surface area contributed by atoms with Crippen LogP contribution in [-0.4, -0.2) is 31.5 Å². The number of carbonyl (C=O) groups excluding carboxylic acids is 1. The summed E-state index contributed by atoms with van der Waals surface area (Å²) in [7, 11) is -3.79. The number of nitrogens with zero attached hydrogens (tertiary/aromatic N) is 1. The van der Waals surface area contributed by atoms with E-state index in [4.69, 9.17) is 32.7 Å². The highest BCUT2D eigenvalue weighted by Crippen LogP contribution is 2.40. The van der Waals surface area contributed by atoms with Gasteiger partial charge in [0.2, 0.25) is 5.75 Å². The van der Waals surface area contributed by atoms with E-state index in [0.717, 1.165) is 6.26 Å². The molecule has 0 aromatic heterocycles. The molecule has 0 atom stereocenters. The van der Waals surface area contributed by atoms with Crippen molar-refractivity contribution in [2.24, 2.45) is 0 Å². The number of rotatable bonds is 6. The Morgan fingerprint density at radius 3 is 2.55 bits per heavy atom. The van der Waals surface area contributed by atoms with Gasteiger partial charge in [-0.15, -0.1) is 0 Å². The summed E-state index contributed by atoms with van der Waals surface area (Å²) in [4.78, 5) is 14.7. The number of benzene rings is 2. The van der Waals surface area contributed by atoms with E-state index in [1.807, 2.05) is 18.2 Å². The fourth-order valence-electron chi connectivity index (χ4n) is 2.59. The molecular formula is C19H16ClNO5S3. The number of carbonyl (C=O) groups is 1. The largest absolute Gasteiger partial charge is 0.490 e. The van der Waals surface area contributed by atoms with Gasteiger partial charge in [-0.25, -0.2) is 0 Å². The second-order valence-electron chi connectivity index (χ2n) is 5.90. The van der Waals surface area contributed by atoms with Crippen LogP contribution in [-0.2, 0) is 14.9 Å². The van der Waals surface area contributed by atoms with Crippen molar-refractivity contribution in [3.63, 3.8) is 0 Å². The van der Waals surface area contributed by atoms with Gasteiger partial charge in [0.15, 0.2) is 10.1 Å². The van der Waals surface area contributed by atoms with Gasteiger partial charge in [-0.2, -0.15) is 8.42 Å². The summed E-state index contributed by atoms with van der Waals surface area (Å²) < 4.78 is 33.9. The zero-order valence-corrected chi connectivity index (χ0v) is 18.6. The molecule has 3 rings (SSSR count). The topological polar surface area (TPSA) is 72.9 Å². The molecule has 1 saturated heterocycles. The maximum absolute atomic E-state index is 12.9. The molecule has 1 aliphatic rings. The highest BCUT2D eigenvalue weighted by Gasteiger charge is 2.33. The molecule has 0 saturated carbocycles. The normalized spacial score (nSPS) is 15.8. The number of halogens is 1. The molecule has 152 valence electrons. The lowest BCUT2D eigenvalue weighted by atomic mass is 10.1. The third-order valence-electron chi connectivity index (χ3n) is 3.67. The Hall–Kier alpha value is -2.07. The van der Waals surface area contributed by atoms with Gasteiger partial charge in [-0.05, 0) is 42.8 Å². The lowest BCUT2D eigenvalue weighted by molar-refractivity contribution is -0.113. The summed E-state index contributed by atoms with van der Waals surface area (Å²) >= 11 is 12.7. The molecule has 0 spiro atoms. The average molecular weight is 470 g/mol. The fraction of sp³-hybridized carbons (Fsp3) is 0.158. The minimum atomic E-state index is -3.79. The molecule has 0 radical (unpaired) electrons. The minimum Gasteiger partial charge on any atom is -0.490 e. The van der Waals surface area contributed by atoms with Gasteiger partial charge in [-0.1, -0.05) is 53.8 Å². The van der Waals surface area contributed by atoms with Gasteiger partial charge in [0.05, 0.1) is 28.5 Å². The summed E-state index contributed by atoms with van der Waals surface area (Å²) in [6.07, 6.45) is 2.54. The molecule has 0 bridgehead atoms. The van der Waals surface area contributed by atoms with Gasteiger partial charge in [0.1, 0.15) is 0 Å². The number of para-hydroxylation sites is 1. The molecule has 1 fully saturated rings. The van der Waals surface area contributed by atoms with Crippen LogP contribution in [0.3, 0.4) is 0 Å². The molecule has 2 aromatic carbocycles. The zero-order chi connectivity index (χ0) is 21.2. The van der Waals surface area contributed by atoms with Crippen molar-refractivity contribution in [1.29, 1.82) is 0 Å². The molecule has 1 aliphatic heterocycles. The van der Waals surface area contributed by atoms with E-state index in [1.165, 1.54) is 22.7 Å².